The fraction of sp³-hybridized carbons (Fsp3) is 0.0357. The number of aromatic nitrogens is 2. The Morgan fingerprint density at radius 1 is 0.339 bits per heavy atom. The van der Waals surface area contributed by atoms with Gasteiger partial charge in [-0.25, -0.2) is 8.78 Å². The van der Waals surface area contributed by atoms with Gasteiger partial charge in [0.15, 0.2) is 0 Å². The van der Waals surface area contributed by atoms with Gasteiger partial charge in [0, 0.05) is 84.1 Å². The highest BCUT2D eigenvalue weighted by Crippen LogP contribution is 2.52. The first-order chi connectivity index (χ1) is 30.5. The van der Waals surface area contributed by atoms with Crippen LogP contribution in [-0.2, 0) is 0 Å². The van der Waals surface area contributed by atoms with Crippen molar-refractivity contribution in [1.29, 1.82) is 0 Å². The van der Waals surface area contributed by atoms with Crippen LogP contribution in [0, 0.1) is 25.5 Å². The maximum Gasteiger partial charge on any atom is 0.131 e. The lowest BCUT2D eigenvalue weighted by Crippen LogP contribution is -2.11. The number of para-hydroxylation sites is 2. The molecule has 0 unspecified atom stereocenters. The molecule has 0 aliphatic rings. The lowest BCUT2D eigenvalue weighted by atomic mass is 9.86. The van der Waals surface area contributed by atoms with E-state index in [0.717, 1.165) is 60.7 Å². The number of fused-ring (bicyclic) bond motifs is 14. The number of benzene rings is 9. The first-order valence-electron chi connectivity index (χ1n) is 20.8. The van der Waals surface area contributed by atoms with E-state index in [-0.39, 0.29) is 11.6 Å². The molecule has 0 saturated carbocycles. The Balaban J connectivity index is 1.27. The van der Waals surface area contributed by atoms with Gasteiger partial charge in [0.25, 0.3) is 0 Å². The molecule has 4 aromatic heterocycles. The van der Waals surface area contributed by atoms with Crippen molar-refractivity contribution in [2.45, 2.75) is 13.8 Å². The molecule has 0 spiro atoms. The van der Waals surface area contributed by atoms with Crippen molar-refractivity contribution in [2.75, 3.05) is 0 Å². The van der Waals surface area contributed by atoms with Gasteiger partial charge in [0.2, 0.25) is 0 Å². The van der Waals surface area contributed by atoms with Crippen LogP contribution >= 0.6 is 22.7 Å². The molecule has 0 atom stereocenters. The van der Waals surface area contributed by atoms with Crippen molar-refractivity contribution in [3.63, 3.8) is 0 Å². The van der Waals surface area contributed by atoms with Crippen LogP contribution in [0.4, 0.5) is 8.78 Å². The fourth-order valence-electron chi connectivity index (χ4n) is 10.6. The molecule has 0 fully saturated rings. The summed E-state index contributed by atoms with van der Waals surface area (Å²) in [6, 6.07) is 57.2. The number of hydrogen-bond donors (Lipinski definition) is 0. The summed E-state index contributed by atoms with van der Waals surface area (Å²) in [6.07, 6.45) is 0. The smallest absolute Gasteiger partial charge is 0.131 e. The summed E-state index contributed by atoms with van der Waals surface area (Å²) in [5, 5.41) is 9.37. The van der Waals surface area contributed by atoms with Crippen LogP contribution in [0.1, 0.15) is 11.1 Å². The Morgan fingerprint density at radius 2 is 0.726 bits per heavy atom. The summed E-state index contributed by atoms with van der Waals surface area (Å²) in [5.41, 5.74) is 9.82. The monoisotopic (exact) mass is 836 g/mol. The molecule has 0 aliphatic carbocycles. The molecule has 4 heterocycles. The molecule has 0 radical (unpaired) electrons. The zero-order chi connectivity index (χ0) is 41.4. The van der Waals surface area contributed by atoms with Gasteiger partial charge in [-0.2, -0.15) is 0 Å². The van der Waals surface area contributed by atoms with E-state index in [0.29, 0.717) is 22.3 Å². The molecule has 0 aliphatic heterocycles. The molecule has 9 aromatic carbocycles. The summed E-state index contributed by atoms with van der Waals surface area (Å²) in [7, 11) is 0. The molecular weight excluding hydrogens is 803 g/mol. The van der Waals surface area contributed by atoms with Gasteiger partial charge in [-0.05, 0) is 85.6 Å². The van der Waals surface area contributed by atoms with E-state index in [2.05, 4.69) is 144 Å². The van der Waals surface area contributed by atoms with Crippen molar-refractivity contribution in [2.24, 2.45) is 0 Å². The number of halogens is 2. The normalized spacial score (nSPS) is 12.2. The maximum atomic E-state index is 16.9. The highest BCUT2D eigenvalue weighted by Gasteiger charge is 2.31. The quantitative estimate of drug-likeness (QED) is 0.167. The highest BCUT2D eigenvalue weighted by atomic mass is 32.1. The second-order valence-electron chi connectivity index (χ2n) is 16.2. The average molecular weight is 837 g/mol. The first-order valence-corrected chi connectivity index (χ1v) is 22.5. The number of thiophene rings is 2. The van der Waals surface area contributed by atoms with Gasteiger partial charge in [-0.15, -0.1) is 22.7 Å². The minimum atomic E-state index is -0.341. The van der Waals surface area contributed by atoms with E-state index < -0.39 is 0 Å². The van der Waals surface area contributed by atoms with Crippen LogP contribution in [0.5, 0.6) is 0 Å². The van der Waals surface area contributed by atoms with E-state index >= 15 is 8.78 Å². The van der Waals surface area contributed by atoms with Crippen molar-refractivity contribution < 1.29 is 8.78 Å². The number of hydrogen-bond acceptors (Lipinski definition) is 2. The average Bonchev–Trinajstić information content (AvgIpc) is 4.05. The standard InChI is InChI=1S/C56H34F2N2S2/c1-31-49(33-15-3-9-21-39(33)57)56(60-42-24-12-6-18-36(42)52-44(60)28-30-48-54(52)38-20-8-14-26-46(38)62-48)50(34-16-4-10-22-40(34)58)32(2)55(31)59-41-23-11-5-17-35(41)51-43(59)27-29-47-53(51)37-19-7-13-25-45(37)61-47/h3-30H,1-2H3. The molecule has 294 valence electrons. The highest BCUT2D eigenvalue weighted by molar-refractivity contribution is 7.26. The molecule has 6 heteroatoms. The molecule has 62 heavy (non-hydrogen) atoms. The van der Waals surface area contributed by atoms with Crippen molar-refractivity contribution in [3.05, 3.63) is 193 Å². The SMILES string of the molecule is Cc1c(-c2ccccc2F)c(-n2c3ccccc3c3c4c(ccc32)sc2ccccc24)c(-c2ccccc2F)c(C)c1-n1c2ccccc2c2c3c(ccc21)sc1ccccc13. The third-order valence-corrected chi connectivity index (χ3v) is 15.3. The second-order valence-corrected chi connectivity index (χ2v) is 18.4. The minimum absolute atomic E-state index is 0.341. The van der Waals surface area contributed by atoms with Crippen LogP contribution < -0.4 is 0 Å². The molecular formula is C56H34F2N2S2. The Morgan fingerprint density at radius 3 is 1.19 bits per heavy atom. The molecule has 13 rings (SSSR count). The van der Waals surface area contributed by atoms with E-state index in [4.69, 9.17) is 0 Å². The van der Waals surface area contributed by atoms with Gasteiger partial charge < -0.3 is 9.13 Å². The van der Waals surface area contributed by atoms with Crippen molar-refractivity contribution in [3.8, 4) is 33.6 Å². The van der Waals surface area contributed by atoms with Gasteiger partial charge in [0.1, 0.15) is 11.6 Å². The lowest BCUT2D eigenvalue weighted by molar-refractivity contribution is 0.630. The van der Waals surface area contributed by atoms with Crippen molar-refractivity contribution in [1.82, 2.24) is 9.13 Å². The molecule has 0 saturated heterocycles. The summed E-state index contributed by atoms with van der Waals surface area (Å²) in [5.74, 6) is -0.682. The van der Waals surface area contributed by atoms with Crippen LogP contribution in [-0.4, -0.2) is 9.13 Å². The van der Waals surface area contributed by atoms with Crippen molar-refractivity contribution >= 4 is 107 Å². The van der Waals surface area contributed by atoms with Crippen LogP contribution in [0.3, 0.4) is 0 Å². The largest absolute Gasteiger partial charge is 0.309 e. The Hall–Kier alpha value is -7.12. The molecule has 0 amide bonds. The molecule has 0 N–H and O–H groups in total. The second kappa shape index (κ2) is 13.2. The Bertz CT molecular complexity index is 3980. The summed E-state index contributed by atoms with van der Waals surface area (Å²) in [6.45, 7) is 4.24. The topological polar surface area (TPSA) is 9.86 Å². The minimum Gasteiger partial charge on any atom is -0.309 e. The van der Waals surface area contributed by atoms with E-state index in [1.54, 1.807) is 23.5 Å². The Labute approximate surface area is 362 Å². The van der Waals surface area contributed by atoms with Gasteiger partial charge >= 0.3 is 0 Å². The van der Waals surface area contributed by atoms with E-state index in [9.17, 15) is 0 Å². The summed E-state index contributed by atoms with van der Waals surface area (Å²) >= 11 is 3.60. The summed E-state index contributed by atoms with van der Waals surface area (Å²) < 4.78 is 43.4. The van der Waals surface area contributed by atoms with E-state index in [1.165, 1.54) is 57.9 Å². The number of rotatable bonds is 4. The summed E-state index contributed by atoms with van der Waals surface area (Å²) in [4.78, 5) is 0. The molecule has 2 nitrogen and oxygen atoms in total. The molecule has 0 bridgehead atoms. The Kier molecular flexibility index (Phi) is 7.58. The molecule has 13 aromatic rings. The van der Waals surface area contributed by atoms with Crippen LogP contribution in [0.25, 0.3) is 118 Å². The van der Waals surface area contributed by atoms with Gasteiger partial charge in [-0.1, -0.05) is 109 Å². The number of nitrogens with zero attached hydrogens (tertiary/aromatic N) is 2. The zero-order valence-electron chi connectivity index (χ0n) is 33.6. The maximum absolute atomic E-state index is 16.9. The predicted octanol–water partition coefficient (Wildman–Crippen LogP) is 16.8. The van der Waals surface area contributed by atoms with Crippen LogP contribution in [0.2, 0.25) is 0 Å². The van der Waals surface area contributed by atoms with Gasteiger partial charge in [-0.3, -0.25) is 0 Å². The third-order valence-electron chi connectivity index (χ3n) is 13.0. The lowest BCUT2D eigenvalue weighted by Gasteiger charge is -2.27. The van der Waals surface area contributed by atoms with Gasteiger partial charge in [0.05, 0.1) is 33.4 Å². The first kappa shape index (κ1) is 35.6. The third kappa shape index (κ3) is 4.76. The predicted molar refractivity (Wildman–Crippen MR) is 261 cm³/mol. The van der Waals surface area contributed by atoms with Crippen LogP contribution in [0.15, 0.2) is 170 Å². The van der Waals surface area contributed by atoms with E-state index in [1.807, 2.05) is 35.6 Å². The fourth-order valence-corrected chi connectivity index (χ4v) is 12.8. The zero-order valence-corrected chi connectivity index (χ0v) is 35.3.